The Balaban J connectivity index is 1.48. The van der Waals surface area contributed by atoms with Gasteiger partial charge in [-0.1, -0.05) is 12.1 Å². The summed E-state index contributed by atoms with van der Waals surface area (Å²) in [5.41, 5.74) is 3.50. The van der Waals surface area contributed by atoms with E-state index in [0.717, 1.165) is 26.9 Å². The second-order valence-electron chi connectivity index (χ2n) is 8.51. The fourth-order valence-corrected chi connectivity index (χ4v) is 4.59. The number of halogens is 3. The van der Waals surface area contributed by atoms with Crippen LogP contribution in [0, 0.1) is 13.8 Å². The second-order valence-corrected chi connectivity index (χ2v) is 8.51. The molecule has 4 heterocycles. The highest BCUT2D eigenvalue weighted by molar-refractivity contribution is 5.97. The minimum absolute atomic E-state index is 0.0587. The SMILES string of the molecule is COc1ccc(-c2ccnc3c2c(C)nn3CC(=O)N2CCC(C(F)(F)F)n3nc(C)cc32)cc1. The smallest absolute Gasteiger partial charge is 0.410 e. The zero-order valence-electron chi connectivity index (χ0n) is 19.4. The maximum absolute atomic E-state index is 13.5. The highest BCUT2D eigenvalue weighted by atomic mass is 19.4. The largest absolute Gasteiger partial charge is 0.497 e. The van der Waals surface area contributed by atoms with Gasteiger partial charge in [-0.3, -0.25) is 9.69 Å². The molecule has 1 aliphatic heterocycles. The molecule has 0 fully saturated rings. The Labute approximate surface area is 198 Å². The lowest BCUT2D eigenvalue weighted by Crippen LogP contribution is -2.44. The van der Waals surface area contributed by atoms with Crippen molar-refractivity contribution < 1.29 is 22.7 Å². The average Bonchev–Trinajstić information content (AvgIpc) is 3.37. The predicted octanol–water partition coefficient (Wildman–Crippen LogP) is 4.46. The fourth-order valence-electron chi connectivity index (χ4n) is 4.59. The van der Waals surface area contributed by atoms with Gasteiger partial charge in [0.1, 0.15) is 18.1 Å². The number of anilines is 1. The van der Waals surface area contributed by atoms with Gasteiger partial charge in [-0.15, -0.1) is 0 Å². The van der Waals surface area contributed by atoms with Crippen molar-refractivity contribution in [3.63, 3.8) is 0 Å². The van der Waals surface area contributed by atoms with Crippen molar-refractivity contribution in [3.8, 4) is 16.9 Å². The summed E-state index contributed by atoms with van der Waals surface area (Å²) in [5.74, 6) is 0.495. The first-order valence-corrected chi connectivity index (χ1v) is 11.1. The van der Waals surface area contributed by atoms with Gasteiger partial charge in [0.05, 0.1) is 18.5 Å². The van der Waals surface area contributed by atoms with E-state index in [4.69, 9.17) is 4.74 Å². The van der Waals surface area contributed by atoms with Crippen molar-refractivity contribution in [3.05, 3.63) is 54.0 Å². The lowest BCUT2D eigenvalue weighted by atomic mass is 10.0. The number of benzene rings is 1. The standard InChI is InChI=1S/C24H23F3N6O2/c1-14-12-20-31(11-9-19(24(25,26)27)33(20)29-14)21(34)13-32-23-22(15(2)30-32)18(8-10-28-23)16-4-6-17(35-3)7-5-16/h4-8,10,12,19H,9,11,13H2,1-3H3. The van der Waals surface area contributed by atoms with Crippen LogP contribution in [-0.4, -0.2) is 50.3 Å². The molecule has 0 aliphatic carbocycles. The Morgan fingerprint density at radius 2 is 1.89 bits per heavy atom. The van der Waals surface area contributed by atoms with Crippen molar-refractivity contribution in [2.24, 2.45) is 0 Å². The molecule has 4 aromatic rings. The lowest BCUT2D eigenvalue weighted by molar-refractivity contribution is -0.173. The number of ether oxygens (including phenoxy) is 1. The third-order valence-electron chi connectivity index (χ3n) is 6.21. The number of aryl methyl sites for hydroxylation is 2. The highest BCUT2D eigenvalue weighted by Crippen LogP contribution is 2.39. The summed E-state index contributed by atoms with van der Waals surface area (Å²) < 4.78 is 48.2. The molecule has 35 heavy (non-hydrogen) atoms. The summed E-state index contributed by atoms with van der Waals surface area (Å²) in [6.07, 6.45) is -3.06. The third-order valence-corrected chi connectivity index (χ3v) is 6.21. The van der Waals surface area contributed by atoms with Crippen LogP contribution >= 0.6 is 0 Å². The molecule has 0 saturated heterocycles. The molecular weight excluding hydrogens is 461 g/mol. The van der Waals surface area contributed by atoms with Crippen molar-refractivity contribution in [1.29, 1.82) is 0 Å². The van der Waals surface area contributed by atoms with Gasteiger partial charge in [-0.05, 0) is 49.6 Å². The molecule has 1 unspecified atom stereocenters. The van der Waals surface area contributed by atoms with Gasteiger partial charge >= 0.3 is 6.18 Å². The molecule has 0 radical (unpaired) electrons. The lowest BCUT2D eigenvalue weighted by Gasteiger charge is -2.33. The molecule has 3 aromatic heterocycles. The van der Waals surface area contributed by atoms with Crippen LogP contribution in [0.1, 0.15) is 23.9 Å². The van der Waals surface area contributed by atoms with E-state index in [1.807, 2.05) is 37.3 Å². The number of amides is 1. The van der Waals surface area contributed by atoms with Crippen LogP contribution in [0.4, 0.5) is 19.0 Å². The molecule has 0 saturated carbocycles. The number of pyridine rings is 1. The minimum Gasteiger partial charge on any atom is -0.497 e. The number of hydrogen-bond acceptors (Lipinski definition) is 5. The van der Waals surface area contributed by atoms with Crippen molar-refractivity contribution in [2.75, 3.05) is 18.6 Å². The fraction of sp³-hybridized carbons (Fsp3) is 0.333. The molecule has 1 atom stereocenters. The minimum atomic E-state index is -4.45. The van der Waals surface area contributed by atoms with Gasteiger partial charge in [0.25, 0.3) is 0 Å². The van der Waals surface area contributed by atoms with Gasteiger partial charge in [0.2, 0.25) is 5.91 Å². The van der Waals surface area contributed by atoms with Gasteiger partial charge < -0.3 is 4.74 Å². The van der Waals surface area contributed by atoms with E-state index in [9.17, 15) is 18.0 Å². The van der Waals surface area contributed by atoms with Crippen LogP contribution in [0.2, 0.25) is 0 Å². The quantitative estimate of drug-likeness (QED) is 0.428. The number of fused-ring (bicyclic) bond motifs is 2. The summed E-state index contributed by atoms with van der Waals surface area (Å²) in [4.78, 5) is 19.1. The maximum atomic E-state index is 13.5. The highest BCUT2D eigenvalue weighted by Gasteiger charge is 2.46. The zero-order chi connectivity index (χ0) is 24.9. The molecule has 1 amide bonds. The van der Waals surface area contributed by atoms with Crippen LogP contribution in [0.25, 0.3) is 22.2 Å². The summed E-state index contributed by atoms with van der Waals surface area (Å²) in [6.45, 7) is 3.23. The number of hydrogen-bond donors (Lipinski definition) is 0. The number of carbonyl (C=O) groups excluding carboxylic acids is 1. The van der Waals surface area contributed by atoms with Gasteiger partial charge in [-0.25, -0.2) is 14.3 Å². The Bertz CT molecular complexity index is 1410. The van der Waals surface area contributed by atoms with E-state index in [-0.39, 0.29) is 31.2 Å². The molecule has 0 bridgehead atoms. The van der Waals surface area contributed by atoms with Crippen LogP contribution in [0.3, 0.4) is 0 Å². The normalized spacial score (nSPS) is 15.9. The first-order chi connectivity index (χ1) is 16.7. The van der Waals surface area contributed by atoms with Crippen LogP contribution in [0.5, 0.6) is 5.75 Å². The molecule has 8 nitrogen and oxygen atoms in total. The van der Waals surface area contributed by atoms with Crippen LogP contribution in [0.15, 0.2) is 42.6 Å². The molecule has 11 heteroatoms. The first-order valence-electron chi connectivity index (χ1n) is 11.1. The molecular formula is C24H23F3N6O2. The topological polar surface area (TPSA) is 78.1 Å². The predicted molar refractivity (Wildman–Crippen MR) is 123 cm³/mol. The molecule has 1 aliphatic rings. The Morgan fingerprint density at radius 3 is 2.57 bits per heavy atom. The van der Waals surface area contributed by atoms with E-state index in [1.165, 1.54) is 15.6 Å². The number of nitrogens with zero attached hydrogens (tertiary/aromatic N) is 6. The molecule has 182 valence electrons. The van der Waals surface area contributed by atoms with Gasteiger partial charge in [0, 0.05) is 24.2 Å². The number of methoxy groups -OCH3 is 1. The Hall–Kier alpha value is -3.89. The number of aromatic nitrogens is 5. The van der Waals surface area contributed by atoms with Crippen LogP contribution in [-0.2, 0) is 11.3 Å². The Kier molecular flexibility index (Phi) is 5.49. The summed E-state index contributed by atoms with van der Waals surface area (Å²) in [5, 5.41) is 9.36. The van der Waals surface area contributed by atoms with E-state index >= 15 is 0 Å². The van der Waals surface area contributed by atoms with E-state index in [1.54, 1.807) is 20.2 Å². The van der Waals surface area contributed by atoms with Crippen molar-refractivity contribution in [1.82, 2.24) is 24.5 Å². The number of alkyl halides is 3. The van der Waals surface area contributed by atoms with Crippen molar-refractivity contribution in [2.45, 2.75) is 39.0 Å². The number of carbonyl (C=O) groups is 1. The monoisotopic (exact) mass is 484 g/mol. The molecule has 0 N–H and O–H groups in total. The van der Waals surface area contributed by atoms with E-state index in [2.05, 4.69) is 15.2 Å². The first kappa shape index (κ1) is 22.9. The zero-order valence-corrected chi connectivity index (χ0v) is 19.4. The summed E-state index contributed by atoms with van der Waals surface area (Å²) in [6, 6.07) is 9.22. The van der Waals surface area contributed by atoms with Gasteiger partial charge in [-0.2, -0.15) is 23.4 Å². The molecule has 1 aromatic carbocycles. The summed E-state index contributed by atoms with van der Waals surface area (Å²) in [7, 11) is 1.60. The van der Waals surface area contributed by atoms with Crippen molar-refractivity contribution >= 4 is 22.8 Å². The third kappa shape index (κ3) is 4.00. The van der Waals surface area contributed by atoms with E-state index in [0.29, 0.717) is 17.0 Å². The summed E-state index contributed by atoms with van der Waals surface area (Å²) >= 11 is 0. The van der Waals surface area contributed by atoms with Crippen LogP contribution < -0.4 is 9.64 Å². The maximum Gasteiger partial charge on any atom is 0.410 e. The van der Waals surface area contributed by atoms with E-state index < -0.39 is 12.2 Å². The molecule has 5 rings (SSSR count). The van der Waals surface area contributed by atoms with Gasteiger partial charge in [0.15, 0.2) is 11.7 Å². The second kappa shape index (κ2) is 8.40. The number of rotatable bonds is 4. The Morgan fingerprint density at radius 1 is 1.14 bits per heavy atom. The average molecular weight is 484 g/mol. The molecule has 0 spiro atoms.